The van der Waals surface area contributed by atoms with Crippen molar-refractivity contribution in [3.05, 3.63) is 34.3 Å². The predicted molar refractivity (Wildman–Crippen MR) is 90.2 cm³/mol. The van der Waals surface area contributed by atoms with Crippen molar-refractivity contribution in [2.45, 2.75) is 38.3 Å². The van der Waals surface area contributed by atoms with Crippen LogP contribution in [0, 0.1) is 11.8 Å². The maximum Gasteiger partial charge on any atom is 0.0246 e. The normalized spacial score (nSPS) is 33.7. The van der Waals surface area contributed by atoms with E-state index in [9.17, 15) is 0 Å². The van der Waals surface area contributed by atoms with Crippen LogP contribution in [0.4, 0.5) is 0 Å². The average molecular weight is 349 g/mol. The van der Waals surface area contributed by atoms with Crippen molar-refractivity contribution in [1.29, 1.82) is 0 Å². The Balaban J connectivity index is 1.32. The van der Waals surface area contributed by atoms with Crippen LogP contribution >= 0.6 is 15.9 Å². The molecule has 0 radical (unpaired) electrons. The summed E-state index contributed by atoms with van der Waals surface area (Å²) in [5.74, 6) is 2.10. The first-order chi connectivity index (χ1) is 10.3. The second-order valence-electron chi connectivity index (χ2n) is 7.15. The van der Waals surface area contributed by atoms with Crippen molar-refractivity contribution in [3.63, 3.8) is 0 Å². The Morgan fingerprint density at radius 2 is 1.81 bits per heavy atom. The maximum absolute atomic E-state index is 3.67. The van der Waals surface area contributed by atoms with Gasteiger partial charge in [-0.25, -0.2) is 0 Å². The van der Waals surface area contributed by atoms with Crippen LogP contribution in [0.25, 0.3) is 0 Å². The second kappa shape index (κ2) is 6.02. The summed E-state index contributed by atoms with van der Waals surface area (Å²) in [5, 5.41) is 0. The van der Waals surface area contributed by atoms with Gasteiger partial charge >= 0.3 is 0 Å². The molecule has 2 nitrogen and oxygen atoms in total. The highest BCUT2D eigenvalue weighted by Gasteiger charge is 2.42. The Labute approximate surface area is 136 Å². The topological polar surface area (TPSA) is 6.48 Å². The van der Waals surface area contributed by atoms with Gasteiger partial charge in [0.05, 0.1) is 0 Å². The molecule has 0 unspecified atom stereocenters. The Morgan fingerprint density at radius 1 is 1.00 bits per heavy atom. The molecule has 0 spiro atoms. The summed E-state index contributed by atoms with van der Waals surface area (Å²) in [6.45, 7) is 6.10. The van der Waals surface area contributed by atoms with Gasteiger partial charge in [0.15, 0.2) is 0 Å². The van der Waals surface area contributed by atoms with Crippen LogP contribution in [0.2, 0.25) is 0 Å². The van der Waals surface area contributed by atoms with Gasteiger partial charge in [0.1, 0.15) is 0 Å². The molecule has 1 aromatic rings. The molecule has 3 atom stereocenters. The third kappa shape index (κ3) is 2.93. The van der Waals surface area contributed by atoms with Gasteiger partial charge < -0.3 is 0 Å². The molecule has 1 aromatic carbocycles. The molecule has 1 heterocycles. The zero-order chi connectivity index (χ0) is 14.2. The van der Waals surface area contributed by atoms with Crippen molar-refractivity contribution in [1.82, 2.24) is 9.80 Å². The van der Waals surface area contributed by atoms with Crippen LogP contribution in [0.3, 0.4) is 0 Å². The van der Waals surface area contributed by atoms with Crippen LogP contribution in [-0.2, 0) is 6.54 Å². The number of benzene rings is 1. The second-order valence-corrected chi connectivity index (χ2v) is 8.00. The number of nitrogens with zero attached hydrogens (tertiary/aromatic N) is 2. The molecule has 3 fully saturated rings. The number of hydrogen-bond donors (Lipinski definition) is 0. The van der Waals surface area contributed by atoms with Gasteiger partial charge in [-0.05, 0) is 42.7 Å². The van der Waals surface area contributed by atoms with E-state index in [4.69, 9.17) is 0 Å². The Kier molecular flexibility index (Phi) is 4.08. The monoisotopic (exact) mass is 348 g/mol. The third-order valence-electron chi connectivity index (χ3n) is 5.93. The molecular formula is C18H25BrN2. The first-order valence-corrected chi connectivity index (χ1v) is 9.29. The summed E-state index contributed by atoms with van der Waals surface area (Å²) in [6.07, 6.45) is 6.05. The fourth-order valence-electron chi connectivity index (χ4n) is 4.78. The molecule has 2 aliphatic carbocycles. The van der Waals surface area contributed by atoms with Crippen molar-refractivity contribution in [2.24, 2.45) is 11.8 Å². The molecule has 2 saturated carbocycles. The largest absolute Gasteiger partial charge is 0.298 e. The fraction of sp³-hybridized carbons (Fsp3) is 0.667. The number of rotatable bonds is 3. The lowest BCUT2D eigenvalue weighted by Gasteiger charge is -2.41. The van der Waals surface area contributed by atoms with E-state index < -0.39 is 0 Å². The van der Waals surface area contributed by atoms with Crippen molar-refractivity contribution >= 4 is 15.9 Å². The quantitative estimate of drug-likeness (QED) is 0.820. The first kappa shape index (κ1) is 14.2. The number of piperazine rings is 1. The molecule has 114 valence electrons. The molecule has 0 amide bonds. The summed E-state index contributed by atoms with van der Waals surface area (Å²) >= 11 is 3.67. The lowest BCUT2D eigenvalue weighted by molar-refractivity contribution is 0.0679. The molecular weight excluding hydrogens is 324 g/mol. The van der Waals surface area contributed by atoms with Gasteiger partial charge in [0.2, 0.25) is 0 Å². The molecule has 0 N–H and O–H groups in total. The van der Waals surface area contributed by atoms with Crippen molar-refractivity contribution in [2.75, 3.05) is 26.2 Å². The van der Waals surface area contributed by atoms with Crippen LogP contribution < -0.4 is 0 Å². The van der Waals surface area contributed by atoms with E-state index in [1.54, 1.807) is 0 Å². The SMILES string of the molecule is Brc1ccccc1CN1CCN([C@@H]2C[C@H]3CC[C@H]2C3)CC1. The summed E-state index contributed by atoms with van der Waals surface area (Å²) in [6, 6.07) is 9.56. The van der Waals surface area contributed by atoms with Gasteiger partial charge in [-0.15, -0.1) is 0 Å². The van der Waals surface area contributed by atoms with Gasteiger partial charge in [-0.2, -0.15) is 0 Å². The van der Waals surface area contributed by atoms with E-state index in [0.29, 0.717) is 0 Å². The van der Waals surface area contributed by atoms with Crippen LogP contribution in [-0.4, -0.2) is 42.0 Å². The molecule has 3 aliphatic rings. The Bertz CT molecular complexity index is 496. The van der Waals surface area contributed by atoms with Crippen molar-refractivity contribution < 1.29 is 0 Å². The van der Waals surface area contributed by atoms with Gasteiger partial charge in [0.25, 0.3) is 0 Å². The fourth-order valence-corrected chi connectivity index (χ4v) is 5.19. The lowest BCUT2D eigenvalue weighted by Crippen LogP contribution is -2.51. The molecule has 21 heavy (non-hydrogen) atoms. The summed E-state index contributed by atoms with van der Waals surface area (Å²) in [7, 11) is 0. The zero-order valence-electron chi connectivity index (χ0n) is 12.7. The smallest absolute Gasteiger partial charge is 0.0246 e. The number of hydrogen-bond acceptors (Lipinski definition) is 2. The lowest BCUT2D eigenvalue weighted by atomic mass is 9.93. The molecule has 3 heteroatoms. The Hall–Kier alpha value is -0.380. The number of halogens is 1. The maximum atomic E-state index is 3.67. The molecule has 1 saturated heterocycles. The molecule has 4 rings (SSSR count). The van der Waals surface area contributed by atoms with Crippen LogP contribution in [0.5, 0.6) is 0 Å². The van der Waals surface area contributed by atoms with Gasteiger partial charge in [-0.1, -0.05) is 40.5 Å². The Morgan fingerprint density at radius 3 is 2.48 bits per heavy atom. The van der Waals surface area contributed by atoms with E-state index in [2.05, 4.69) is 50.0 Å². The summed E-state index contributed by atoms with van der Waals surface area (Å²) in [5.41, 5.74) is 1.42. The molecule has 0 aromatic heterocycles. The van der Waals surface area contributed by atoms with Crippen LogP contribution in [0.1, 0.15) is 31.2 Å². The van der Waals surface area contributed by atoms with E-state index in [0.717, 1.165) is 24.4 Å². The van der Waals surface area contributed by atoms with Gasteiger partial charge in [0, 0.05) is 43.2 Å². The van der Waals surface area contributed by atoms with E-state index in [1.165, 1.54) is 61.9 Å². The van der Waals surface area contributed by atoms with Crippen molar-refractivity contribution in [3.8, 4) is 0 Å². The third-order valence-corrected chi connectivity index (χ3v) is 6.70. The minimum atomic E-state index is 0.925. The molecule has 2 bridgehead atoms. The summed E-state index contributed by atoms with van der Waals surface area (Å²) in [4.78, 5) is 5.42. The minimum Gasteiger partial charge on any atom is -0.298 e. The highest BCUT2D eigenvalue weighted by atomic mass is 79.9. The molecule has 1 aliphatic heterocycles. The van der Waals surface area contributed by atoms with E-state index in [1.807, 2.05) is 0 Å². The summed E-state index contributed by atoms with van der Waals surface area (Å²) < 4.78 is 1.25. The van der Waals surface area contributed by atoms with E-state index >= 15 is 0 Å². The highest BCUT2D eigenvalue weighted by Crippen LogP contribution is 2.46. The van der Waals surface area contributed by atoms with Crippen LogP contribution in [0.15, 0.2) is 28.7 Å². The minimum absolute atomic E-state index is 0.925. The first-order valence-electron chi connectivity index (χ1n) is 8.49. The predicted octanol–water partition coefficient (Wildman–Crippen LogP) is 3.76. The highest BCUT2D eigenvalue weighted by molar-refractivity contribution is 9.10. The van der Waals surface area contributed by atoms with E-state index in [-0.39, 0.29) is 0 Å². The standard InChI is InChI=1S/C18H25BrN2/c19-17-4-2-1-3-16(17)13-20-7-9-21(10-8-20)18-12-14-5-6-15(18)11-14/h1-4,14-15,18H,5-13H2/t14-,15-,18+/m0/s1. The average Bonchev–Trinajstić information content (AvgIpc) is 3.13. The van der Waals surface area contributed by atoms with Gasteiger partial charge in [-0.3, -0.25) is 9.80 Å². The number of fused-ring (bicyclic) bond motifs is 2. The zero-order valence-corrected chi connectivity index (χ0v) is 14.3.